The van der Waals surface area contributed by atoms with Crippen molar-refractivity contribution in [3.8, 4) is 5.75 Å². The highest BCUT2D eigenvalue weighted by molar-refractivity contribution is 9.10. The monoisotopic (exact) mass is 334 g/mol. The summed E-state index contributed by atoms with van der Waals surface area (Å²) in [5, 5.41) is 10.6. The van der Waals surface area contributed by atoms with Gasteiger partial charge in [-0.1, -0.05) is 34.1 Å². The summed E-state index contributed by atoms with van der Waals surface area (Å²) in [6.45, 7) is 6.01. The van der Waals surface area contributed by atoms with Crippen LogP contribution in [0, 0.1) is 20.8 Å². The molecule has 2 aromatic carbocycles. The quantitative estimate of drug-likeness (QED) is 0.897. The van der Waals surface area contributed by atoms with Crippen molar-refractivity contribution >= 4 is 15.9 Å². The fraction of sp³-hybridized carbons (Fsp3) is 0.294. The second-order valence-corrected chi connectivity index (χ2v) is 5.86. The van der Waals surface area contributed by atoms with E-state index in [-0.39, 0.29) is 0 Å². The Morgan fingerprint density at radius 2 is 1.65 bits per heavy atom. The number of aliphatic hydroxyl groups excluding tert-OH is 1. The van der Waals surface area contributed by atoms with E-state index in [9.17, 15) is 5.11 Å². The van der Waals surface area contributed by atoms with Crippen molar-refractivity contribution in [2.24, 2.45) is 0 Å². The maximum Gasteiger partial charge on any atom is 0.124 e. The Labute approximate surface area is 128 Å². The normalized spacial score (nSPS) is 12.3. The van der Waals surface area contributed by atoms with E-state index in [1.165, 1.54) is 0 Å². The van der Waals surface area contributed by atoms with Crippen molar-refractivity contribution in [3.05, 3.63) is 62.6 Å². The molecule has 0 aliphatic carbocycles. The SMILES string of the molecule is COc1c(C)cc(C(O)c2cccc(C)c2Br)cc1C. The summed E-state index contributed by atoms with van der Waals surface area (Å²) >= 11 is 3.56. The van der Waals surface area contributed by atoms with Crippen molar-refractivity contribution in [1.29, 1.82) is 0 Å². The van der Waals surface area contributed by atoms with Crippen molar-refractivity contribution in [3.63, 3.8) is 0 Å². The average Bonchev–Trinajstić information content (AvgIpc) is 2.41. The minimum Gasteiger partial charge on any atom is -0.496 e. The number of halogens is 1. The first-order valence-electron chi connectivity index (χ1n) is 6.54. The lowest BCUT2D eigenvalue weighted by Gasteiger charge is -2.17. The molecule has 2 aromatic rings. The zero-order valence-electron chi connectivity index (χ0n) is 12.2. The van der Waals surface area contributed by atoms with Crippen LogP contribution in [0.15, 0.2) is 34.8 Å². The highest BCUT2D eigenvalue weighted by atomic mass is 79.9. The molecule has 0 aromatic heterocycles. The number of rotatable bonds is 3. The molecule has 0 radical (unpaired) electrons. The van der Waals surface area contributed by atoms with E-state index in [2.05, 4.69) is 15.9 Å². The highest BCUT2D eigenvalue weighted by Gasteiger charge is 2.17. The number of aryl methyl sites for hydroxylation is 3. The number of aliphatic hydroxyl groups is 1. The van der Waals surface area contributed by atoms with Crippen LogP contribution < -0.4 is 4.74 Å². The molecule has 20 heavy (non-hydrogen) atoms. The van der Waals surface area contributed by atoms with E-state index >= 15 is 0 Å². The summed E-state index contributed by atoms with van der Waals surface area (Å²) in [5.74, 6) is 0.879. The molecule has 0 saturated heterocycles. The molecule has 0 aliphatic rings. The smallest absolute Gasteiger partial charge is 0.124 e. The Morgan fingerprint density at radius 1 is 1.05 bits per heavy atom. The lowest BCUT2D eigenvalue weighted by Crippen LogP contribution is -2.03. The lowest BCUT2D eigenvalue weighted by molar-refractivity contribution is 0.219. The van der Waals surface area contributed by atoms with E-state index < -0.39 is 6.10 Å². The third kappa shape index (κ3) is 2.74. The zero-order chi connectivity index (χ0) is 14.9. The minimum absolute atomic E-state index is 0.646. The third-order valence-electron chi connectivity index (χ3n) is 3.52. The summed E-state index contributed by atoms with van der Waals surface area (Å²) in [7, 11) is 1.67. The van der Waals surface area contributed by atoms with Gasteiger partial charge in [0.05, 0.1) is 7.11 Å². The van der Waals surface area contributed by atoms with Crippen molar-refractivity contribution in [2.75, 3.05) is 7.11 Å². The Kier molecular flexibility index (Phi) is 4.51. The standard InChI is InChI=1S/C17H19BrO2/c1-10-6-5-7-14(15(10)18)16(19)13-8-11(2)17(20-4)12(3)9-13/h5-9,16,19H,1-4H3. The minimum atomic E-state index is -0.646. The molecule has 1 atom stereocenters. The lowest BCUT2D eigenvalue weighted by atomic mass is 9.96. The van der Waals surface area contributed by atoms with Gasteiger partial charge in [0.1, 0.15) is 11.9 Å². The van der Waals surface area contributed by atoms with Crippen molar-refractivity contribution < 1.29 is 9.84 Å². The van der Waals surface area contributed by atoms with Crippen LogP contribution in [-0.2, 0) is 0 Å². The number of benzene rings is 2. The van der Waals surface area contributed by atoms with Gasteiger partial charge in [-0.25, -0.2) is 0 Å². The largest absolute Gasteiger partial charge is 0.496 e. The Morgan fingerprint density at radius 3 is 2.20 bits per heavy atom. The molecular formula is C17H19BrO2. The first-order chi connectivity index (χ1) is 9.45. The van der Waals surface area contributed by atoms with Crippen LogP contribution in [-0.4, -0.2) is 12.2 Å². The van der Waals surface area contributed by atoms with Crippen LogP contribution in [0.2, 0.25) is 0 Å². The molecular weight excluding hydrogens is 316 g/mol. The molecule has 3 heteroatoms. The predicted molar refractivity (Wildman–Crippen MR) is 85.4 cm³/mol. The van der Waals surface area contributed by atoms with E-state index in [0.717, 1.165) is 38.0 Å². The molecule has 1 unspecified atom stereocenters. The maximum absolute atomic E-state index is 10.6. The second-order valence-electron chi connectivity index (χ2n) is 5.07. The fourth-order valence-electron chi connectivity index (χ4n) is 2.52. The molecule has 1 N–H and O–H groups in total. The van der Waals surface area contributed by atoms with Crippen LogP contribution in [0.5, 0.6) is 5.75 Å². The second kappa shape index (κ2) is 5.98. The van der Waals surface area contributed by atoms with Gasteiger partial charge in [-0.15, -0.1) is 0 Å². The number of hydrogen-bond donors (Lipinski definition) is 1. The van der Waals surface area contributed by atoms with Crippen molar-refractivity contribution in [2.45, 2.75) is 26.9 Å². The van der Waals surface area contributed by atoms with Crippen LogP contribution in [0.4, 0.5) is 0 Å². The Balaban J connectivity index is 2.49. The van der Waals surface area contributed by atoms with Gasteiger partial charge in [0.15, 0.2) is 0 Å². The van der Waals surface area contributed by atoms with E-state index in [4.69, 9.17) is 4.74 Å². The zero-order valence-corrected chi connectivity index (χ0v) is 13.8. The molecule has 0 fully saturated rings. The average molecular weight is 335 g/mol. The van der Waals surface area contributed by atoms with E-state index in [1.54, 1.807) is 7.11 Å². The molecule has 0 bridgehead atoms. The first kappa shape index (κ1) is 15.1. The summed E-state index contributed by atoms with van der Waals surface area (Å²) < 4.78 is 6.33. The van der Waals surface area contributed by atoms with Gasteiger partial charge >= 0.3 is 0 Å². The van der Waals surface area contributed by atoms with Crippen LogP contribution in [0.1, 0.15) is 33.9 Å². The van der Waals surface area contributed by atoms with E-state index in [0.29, 0.717) is 0 Å². The molecule has 2 nitrogen and oxygen atoms in total. The molecule has 0 aliphatic heterocycles. The van der Waals surface area contributed by atoms with Gasteiger partial charge in [-0.2, -0.15) is 0 Å². The van der Waals surface area contributed by atoms with Gasteiger partial charge < -0.3 is 9.84 Å². The summed E-state index contributed by atoms with van der Waals surface area (Å²) in [6, 6.07) is 9.87. The molecule has 0 amide bonds. The number of methoxy groups -OCH3 is 1. The Hall–Kier alpha value is -1.32. The summed E-state index contributed by atoms with van der Waals surface area (Å²) in [4.78, 5) is 0. The van der Waals surface area contributed by atoms with Crippen LogP contribution in [0.25, 0.3) is 0 Å². The van der Waals surface area contributed by atoms with Crippen LogP contribution >= 0.6 is 15.9 Å². The third-order valence-corrected chi connectivity index (χ3v) is 4.60. The number of ether oxygens (including phenoxy) is 1. The molecule has 0 spiro atoms. The molecule has 106 valence electrons. The first-order valence-corrected chi connectivity index (χ1v) is 7.33. The fourth-order valence-corrected chi connectivity index (χ4v) is 3.01. The highest BCUT2D eigenvalue weighted by Crippen LogP contribution is 2.34. The van der Waals surface area contributed by atoms with Gasteiger partial charge in [0, 0.05) is 4.47 Å². The van der Waals surface area contributed by atoms with Gasteiger partial charge in [-0.05, 0) is 60.7 Å². The van der Waals surface area contributed by atoms with Crippen LogP contribution in [0.3, 0.4) is 0 Å². The topological polar surface area (TPSA) is 29.5 Å². The van der Waals surface area contributed by atoms with Crippen molar-refractivity contribution in [1.82, 2.24) is 0 Å². The number of hydrogen-bond acceptors (Lipinski definition) is 2. The predicted octanol–water partition coefficient (Wildman–Crippen LogP) is 4.46. The molecule has 0 heterocycles. The summed E-state index contributed by atoms with van der Waals surface area (Å²) in [5.41, 5.74) is 4.94. The molecule has 2 rings (SSSR count). The van der Waals surface area contributed by atoms with Gasteiger partial charge in [0.2, 0.25) is 0 Å². The summed E-state index contributed by atoms with van der Waals surface area (Å²) in [6.07, 6.45) is -0.646. The van der Waals surface area contributed by atoms with E-state index in [1.807, 2.05) is 51.1 Å². The van der Waals surface area contributed by atoms with Gasteiger partial charge in [0.25, 0.3) is 0 Å². The van der Waals surface area contributed by atoms with Gasteiger partial charge in [-0.3, -0.25) is 0 Å². The Bertz CT molecular complexity index is 612. The molecule has 0 saturated carbocycles. The maximum atomic E-state index is 10.6.